The molecular formula is C18H20N4O3. The predicted octanol–water partition coefficient (Wildman–Crippen LogP) is 0.653. The second-order valence-corrected chi connectivity index (χ2v) is 6.93. The van der Waals surface area contributed by atoms with Gasteiger partial charge in [0.2, 0.25) is 5.91 Å². The first-order chi connectivity index (χ1) is 12.1. The van der Waals surface area contributed by atoms with E-state index in [-0.39, 0.29) is 24.4 Å². The Morgan fingerprint density at radius 1 is 1.20 bits per heavy atom. The molecule has 7 heteroatoms. The molecule has 3 atom stereocenters. The molecule has 0 radical (unpaired) electrons. The van der Waals surface area contributed by atoms with E-state index in [1.807, 2.05) is 11.0 Å². The molecule has 0 spiro atoms. The molecule has 1 aromatic carbocycles. The van der Waals surface area contributed by atoms with Gasteiger partial charge in [0.25, 0.3) is 5.56 Å². The number of aromatic amines is 2. The molecule has 130 valence electrons. The molecule has 1 saturated carbocycles. The van der Waals surface area contributed by atoms with Gasteiger partial charge >= 0.3 is 5.69 Å². The summed E-state index contributed by atoms with van der Waals surface area (Å²) in [6.45, 7) is 1.60. The number of likely N-dealkylation sites (tertiary alicyclic amines) is 1. The lowest BCUT2D eigenvalue weighted by atomic mass is 9.64. The summed E-state index contributed by atoms with van der Waals surface area (Å²) in [4.78, 5) is 39.1. The largest absolute Gasteiger partial charge is 0.342 e. The Kier molecular flexibility index (Phi) is 3.99. The summed E-state index contributed by atoms with van der Waals surface area (Å²) in [7, 11) is 0. The van der Waals surface area contributed by atoms with E-state index in [1.165, 1.54) is 5.56 Å². The highest BCUT2D eigenvalue weighted by molar-refractivity contribution is 5.76. The van der Waals surface area contributed by atoms with Crippen molar-refractivity contribution in [1.29, 1.82) is 0 Å². The van der Waals surface area contributed by atoms with Crippen LogP contribution in [0.1, 0.15) is 30.0 Å². The van der Waals surface area contributed by atoms with Gasteiger partial charge in [0.1, 0.15) is 5.69 Å². The molecule has 2 aromatic rings. The van der Waals surface area contributed by atoms with Gasteiger partial charge in [0, 0.05) is 25.9 Å². The number of carbonyl (C=O) groups excluding carboxylic acids is 1. The van der Waals surface area contributed by atoms with Crippen LogP contribution in [0.25, 0.3) is 0 Å². The molecule has 2 aliphatic rings. The number of carbonyl (C=O) groups is 1. The second-order valence-electron chi connectivity index (χ2n) is 6.93. The van der Waals surface area contributed by atoms with Crippen molar-refractivity contribution in [3.8, 4) is 0 Å². The van der Waals surface area contributed by atoms with E-state index in [2.05, 4.69) is 39.4 Å². The van der Waals surface area contributed by atoms with E-state index in [4.69, 9.17) is 0 Å². The van der Waals surface area contributed by atoms with Crippen LogP contribution in [0.4, 0.5) is 0 Å². The number of hydrogen-bond donors (Lipinski definition) is 2. The van der Waals surface area contributed by atoms with Gasteiger partial charge in [-0.25, -0.2) is 9.89 Å². The van der Waals surface area contributed by atoms with Gasteiger partial charge < -0.3 is 4.90 Å². The average molecular weight is 340 g/mol. The zero-order valence-electron chi connectivity index (χ0n) is 13.8. The quantitative estimate of drug-likeness (QED) is 0.854. The van der Waals surface area contributed by atoms with Crippen LogP contribution in [0.3, 0.4) is 0 Å². The lowest BCUT2D eigenvalue weighted by Gasteiger charge is -2.39. The Morgan fingerprint density at radius 3 is 2.76 bits per heavy atom. The van der Waals surface area contributed by atoms with E-state index >= 15 is 0 Å². The average Bonchev–Trinajstić information content (AvgIpc) is 2.92. The van der Waals surface area contributed by atoms with Crippen molar-refractivity contribution in [1.82, 2.24) is 20.1 Å². The van der Waals surface area contributed by atoms with Gasteiger partial charge in [-0.2, -0.15) is 5.10 Å². The monoisotopic (exact) mass is 340 g/mol. The number of rotatable bonds is 4. The number of aryl methyl sites for hydroxylation is 1. The first-order valence-corrected chi connectivity index (χ1v) is 8.62. The molecule has 1 aliphatic heterocycles. The molecule has 25 heavy (non-hydrogen) atoms. The van der Waals surface area contributed by atoms with E-state index in [1.54, 1.807) is 0 Å². The number of hydrogen-bond acceptors (Lipinski definition) is 4. The standard InChI is InChI=1S/C18H20N4O3/c23-16(7-6-15-17(24)19-18(25)21-20-15)22-9-12-8-13(14(12)10-22)11-4-2-1-3-5-11/h1-5,12-14H,6-10H2,(H2,19,21,24,25)/t12-,13-,14+/m0/s1. The summed E-state index contributed by atoms with van der Waals surface area (Å²) in [6.07, 6.45) is 1.61. The van der Waals surface area contributed by atoms with Crippen LogP contribution in [0.5, 0.6) is 0 Å². The van der Waals surface area contributed by atoms with Gasteiger partial charge in [-0.3, -0.25) is 14.6 Å². The van der Waals surface area contributed by atoms with Crippen molar-refractivity contribution in [3.63, 3.8) is 0 Å². The SMILES string of the molecule is O=C(CCc1n[nH]c(=O)[nH]c1=O)N1C[C@@H]2C[C@@H](c3ccccc3)[C@@H]2C1. The minimum atomic E-state index is -0.636. The number of nitrogens with one attached hydrogen (secondary N) is 2. The molecule has 7 nitrogen and oxygen atoms in total. The summed E-state index contributed by atoms with van der Waals surface area (Å²) in [5.41, 5.74) is 0.393. The maximum absolute atomic E-state index is 12.5. The van der Waals surface area contributed by atoms with Gasteiger partial charge in [-0.05, 0) is 29.7 Å². The van der Waals surface area contributed by atoms with E-state index in [9.17, 15) is 14.4 Å². The number of fused-ring (bicyclic) bond motifs is 1. The Hall–Kier alpha value is -2.70. The van der Waals surface area contributed by atoms with E-state index < -0.39 is 11.2 Å². The van der Waals surface area contributed by atoms with Crippen LogP contribution in [0.15, 0.2) is 39.9 Å². The fraction of sp³-hybridized carbons (Fsp3) is 0.444. The Labute approximate surface area is 144 Å². The molecular weight excluding hydrogens is 320 g/mol. The van der Waals surface area contributed by atoms with Gasteiger partial charge in [-0.15, -0.1) is 0 Å². The topological polar surface area (TPSA) is 98.9 Å². The fourth-order valence-corrected chi connectivity index (χ4v) is 4.12. The number of aromatic nitrogens is 3. The predicted molar refractivity (Wildman–Crippen MR) is 91.2 cm³/mol. The fourth-order valence-electron chi connectivity index (χ4n) is 4.12. The zero-order valence-corrected chi connectivity index (χ0v) is 13.8. The van der Waals surface area contributed by atoms with E-state index in [0.29, 0.717) is 17.8 Å². The minimum absolute atomic E-state index is 0.0496. The van der Waals surface area contributed by atoms with Crippen molar-refractivity contribution in [3.05, 3.63) is 62.4 Å². The molecule has 2 heterocycles. The van der Waals surface area contributed by atoms with Crippen LogP contribution >= 0.6 is 0 Å². The highest BCUT2D eigenvalue weighted by Gasteiger charge is 2.48. The number of H-pyrrole nitrogens is 2. The van der Waals surface area contributed by atoms with E-state index in [0.717, 1.165) is 19.5 Å². The van der Waals surface area contributed by atoms with Crippen LogP contribution in [0, 0.1) is 11.8 Å². The van der Waals surface area contributed by atoms with Crippen molar-refractivity contribution in [2.24, 2.45) is 11.8 Å². The Balaban J connectivity index is 1.35. The maximum Gasteiger partial charge on any atom is 0.342 e. The Morgan fingerprint density at radius 2 is 2.00 bits per heavy atom. The smallest absolute Gasteiger partial charge is 0.342 e. The molecule has 2 fully saturated rings. The van der Waals surface area contributed by atoms with Crippen molar-refractivity contribution in [2.75, 3.05) is 13.1 Å². The van der Waals surface area contributed by atoms with Crippen LogP contribution < -0.4 is 11.2 Å². The summed E-state index contributed by atoms with van der Waals surface area (Å²) in [6, 6.07) is 10.5. The second kappa shape index (κ2) is 6.31. The molecule has 0 bridgehead atoms. The van der Waals surface area contributed by atoms with Gasteiger partial charge in [0.15, 0.2) is 0 Å². The normalized spacial score (nSPS) is 24.6. The first kappa shape index (κ1) is 15.8. The first-order valence-electron chi connectivity index (χ1n) is 8.62. The highest BCUT2D eigenvalue weighted by Crippen LogP contribution is 2.51. The third-order valence-electron chi connectivity index (χ3n) is 5.50. The van der Waals surface area contributed by atoms with Crippen LogP contribution in [-0.4, -0.2) is 39.1 Å². The summed E-state index contributed by atoms with van der Waals surface area (Å²) in [5.74, 6) is 1.73. The van der Waals surface area contributed by atoms with Gasteiger partial charge in [0.05, 0.1) is 0 Å². The number of amides is 1. The third kappa shape index (κ3) is 3.01. The zero-order chi connectivity index (χ0) is 17.4. The molecule has 2 N–H and O–H groups in total. The number of benzene rings is 1. The molecule has 4 rings (SSSR count). The third-order valence-corrected chi connectivity index (χ3v) is 5.50. The van der Waals surface area contributed by atoms with Crippen LogP contribution in [-0.2, 0) is 11.2 Å². The molecule has 0 unspecified atom stereocenters. The molecule has 1 aromatic heterocycles. The number of nitrogens with zero attached hydrogens (tertiary/aromatic N) is 2. The van der Waals surface area contributed by atoms with Gasteiger partial charge in [-0.1, -0.05) is 30.3 Å². The van der Waals surface area contributed by atoms with Crippen molar-refractivity contribution < 1.29 is 4.79 Å². The molecule has 1 saturated heterocycles. The van der Waals surface area contributed by atoms with Crippen molar-refractivity contribution >= 4 is 5.91 Å². The summed E-state index contributed by atoms with van der Waals surface area (Å²) in [5, 5.41) is 5.91. The molecule has 1 aliphatic carbocycles. The maximum atomic E-state index is 12.5. The minimum Gasteiger partial charge on any atom is -0.342 e. The van der Waals surface area contributed by atoms with Crippen molar-refractivity contribution in [2.45, 2.75) is 25.2 Å². The lowest BCUT2D eigenvalue weighted by Crippen LogP contribution is -2.33. The summed E-state index contributed by atoms with van der Waals surface area (Å²) >= 11 is 0. The Bertz CT molecular complexity index is 889. The highest BCUT2D eigenvalue weighted by atomic mass is 16.2. The lowest BCUT2D eigenvalue weighted by molar-refractivity contribution is -0.130. The summed E-state index contributed by atoms with van der Waals surface area (Å²) < 4.78 is 0. The molecule has 1 amide bonds. The van der Waals surface area contributed by atoms with Crippen LogP contribution in [0.2, 0.25) is 0 Å².